The molecule has 1 aromatic carbocycles. The number of hydrogen-bond donors (Lipinski definition) is 3. The van der Waals surface area contributed by atoms with Crippen molar-refractivity contribution in [1.29, 1.82) is 0 Å². The number of aliphatic hydroxyl groups excluding tert-OH is 1. The topological polar surface area (TPSA) is 117 Å². The number of carboxylic acids is 1. The molecule has 3 fully saturated rings. The molecule has 1 heterocycles. The lowest BCUT2D eigenvalue weighted by molar-refractivity contribution is -0.193. The lowest BCUT2D eigenvalue weighted by Gasteiger charge is -2.63. The van der Waals surface area contributed by atoms with E-state index < -0.39 is 47.5 Å². The molecular formula is C32H47BClNO7. The molecule has 10 heteroatoms. The van der Waals surface area contributed by atoms with Crippen molar-refractivity contribution < 1.29 is 34.2 Å². The van der Waals surface area contributed by atoms with E-state index in [1.54, 1.807) is 12.1 Å². The fraction of sp³-hybridized carbons (Fsp3) is 0.688. The minimum atomic E-state index is -1.28. The molecule has 5 rings (SSSR count). The third-order valence-corrected chi connectivity index (χ3v) is 11.8. The Hall–Kier alpha value is -1.91. The number of aliphatic carboxylic acids is 1. The zero-order valence-electron chi connectivity index (χ0n) is 25.8. The molecule has 1 aromatic rings. The molecule has 3 N–H and O–H groups in total. The number of rotatable bonds is 7. The maximum absolute atomic E-state index is 13.8. The van der Waals surface area contributed by atoms with Gasteiger partial charge < -0.3 is 29.5 Å². The number of aliphatic hydroxyl groups is 1. The Bertz CT molecular complexity index is 1240. The van der Waals surface area contributed by atoms with Crippen LogP contribution < -0.4 is 10.2 Å². The van der Waals surface area contributed by atoms with Gasteiger partial charge in [0.05, 0.1) is 12.7 Å². The molecule has 3 saturated carbocycles. The van der Waals surface area contributed by atoms with Gasteiger partial charge in [-0.2, -0.15) is 0 Å². The molecule has 0 amide bonds. The minimum absolute atomic E-state index is 0. The second-order valence-corrected chi connectivity index (χ2v) is 14.1. The van der Waals surface area contributed by atoms with Gasteiger partial charge in [-0.05, 0) is 91.2 Å². The quantitative estimate of drug-likeness (QED) is 0.318. The Balaban J connectivity index is 0.00000405. The molecule has 42 heavy (non-hydrogen) atoms. The number of carboxylic acid groups (broad SMARTS) is 1. The number of nitrogens with zero attached hydrogens (tertiary/aromatic N) is 1. The number of carbonyl (C=O) groups is 2. The molecule has 2 bridgehead atoms. The van der Waals surface area contributed by atoms with Crippen molar-refractivity contribution >= 4 is 36.7 Å². The summed E-state index contributed by atoms with van der Waals surface area (Å²) in [5.74, 6) is -1.57. The predicted octanol–water partition coefficient (Wildman–Crippen LogP) is 3.83. The van der Waals surface area contributed by atoms with E-state index in [9.17, 15) is 24.8 Å². The smallest absolute Gasteiger partial charge is 0.478 e. The summed E-state index contributed by atoms with van der Waals surface area (Å²) in [5, 5.41) is 33.2. The third kappa shape index (κ3) is 4.93. The Morgan fingerprint density at radius 1 is 1.29 bits per heavy atom. The van der Waals surface area contributed by atoms with Crippen molar-refractivity contribution in [2.75, 3.05) is 14.1 Å². The van der Waals surface area contributed by atoms with E-state index in [0.717, 1.165) is 24.0 Å². The van der Waals surface area contributed by atoms with Crippen LogP contribution in [0.3, 0.4) is 0 Å². The number of carbonyl (C=O) groups excluding carboxylic acids is 1. The standard InChI is InChI=1S/C32H46BNO7.ClH/c1-8-30(4)15-23(31(5)18(2)9-11-32(19(3)28(30)36)12-10-25(35)27(31)32)26(29(37)38)41-21-13-20(16-34(6)7)22-17-40-33(39)24(22)14-21;/h8,13-14,18-19,23,26-28,36,39H,1,9-12,15-17H2,2-7H3,(H,37,38);1H/t18-,19-,23-,26?,27-,28-,30+,31+,32-;/m0./s1. The molecule has 0 aromatic heterocycles. The van der Waals surface area contributed by atoms with Crippen LogP contribution in [0.4, 0.5) is 0 Å². The number of benzene rings is 1. The summed E-state index contributed by atoms with van der Waals surface area (Å²) >= 11 is 0. The van der Waals surface area contributed by atoms with Crippen molar-refractivity contribution in [1.82, 2.24) is 4.90 Å². The predicted molar refractivity (Wildman–Crippen MR) is 164 cm³/mol. The summed E-state index contributed by atoms with van der Waals surface area (Å²) in [6, 6.07) is 3.53. The number of ketones is 1. The van der Waals surface area contributed by atoms with Crippen LogP contribution in [0.25, 0.3) is 0 Å². The van der Waals surface area contributed by atoms with Crippen LogP contribution in [-0.2, 0) is 27.4 Å². The Kier molecular flexibility index (Phi) is 9.07. The van der Waals surface area contributed by atoms with Gasteiger partial charge in [0, 0.05) is 30.2 Å². The van der Waals surface area contributed by atoms with Crippen molar-refractivity contribution in [3.05, 3.63) is 35.9 Å². The van der Waals surface area contributed by atoms with Crippen LogP contribution in [0.1, 0.15) is 70.9 Å². The van der Waals surface area contributed by atoms with E-state index in [1.807, 2.05) is 32.0 Å². The van der Waals surface area contributed by atoms with Crippen molar-refractivity contribution in [3.63, 3.8) is 0 Å². The number of hydrogen-bond acceptors (Lipinski definition) is 7. The second kappa shape index (κ2) is 11.5. The molecule has 8 nitrogen and oxygen atoms in total. The first-order valence-electron chi connectivity index (χ1n) is 15.0. The first-order valence-corrected chi connectivity index (χ1v) is 15.0. The molecule has 0 radical (unpaired) electrons. The van der Waals surface area contributed by atoms with Gasteiger partial charge in [0.25, 0.3) is 0 Å². The summed E-state index contributed by atoms with van der Waals surface area (Å²) in [4.78, 5) is 29.0. The first kappa shape index (κ1) is 33.0. The van der Waals surface area contributed by atoms with Crippen LogP contribution in [0.5, 0.6) is 5.75 Å². The van der Waals surface area contributed by atoms with E-state index in [4.69, 9.17) is 9.39 Å². The largest absolute Gasteiger partial charge is 0.491 e. The molecule has 1 aliphatic heterocycles. The van der Waals surface area contributed by atoms with Crippen molar-refractivity contribution in [3.8, 4) is 5.75 Å². The SMILES string of the molecule is C=C[C@]1(C)C[C@@H](C(Oc2cc(CN(C)C)c3c(c2)B(O)OC3)C(=O)O)[C@]2(C)[C@@H]3C(=O)CC[C@@]3(CC[C@@H]2C)[C@@H](C)[C@@H]1O.Cl. The summed E-state index contributed by atoms with van der Waals surface area (Å²) in [5.41, 5.74) is 0.548. The van der Waals surface area contributed by atoms with Gasteiger partial charge in [0.1, 0.15) is 11.5 Å². The summed E-state index contributed by atoms with van der Waals surface area (Å²) in [6.45, 7) is 13.2. The number of halogens is 1. The molecule has 9 atom stereocenters. The highest BCUT2D eigenvalue weighted by molar-refractivity contribution is 6.61. The molecular weight excluding hydrogens is 557 g/mol. The van der Waals surface area contributed by atoms with Gasteiger partial charge >= 0.3 is 13.1 Å². The van der Waals surface area contributed by atoms with E-state index in [2.05, 4.69) is 27.4 Å². The van der Waals surface area contributed by atoms with Crippen LogP contribution in [0.2, 0.25) is 0 Å². The normalized spacial score (nSPS) is 38.2. The van der Waals surface area contributed by atoms with Crippen LogP contribution in [-0.4, -0.2) is 65.3 Å². The fourth-order valence-electron chi connectivity index (χ4n) is 9.29. The zero-order valence-corrected chi connectivity index (χ0v) is 26.6. The Labute approximate surface area is 256 Å². The Morgan fingerprint density at radius 2 is 1.98 bits per heavy atom. The average molecular weight is 604 g/mol. The second-order valence-electron chi connectivity index (χ2n) is 14.1. The highest BCUT2D eigenvalue weighted by Crippen LogP contribution is 2.69. The van der Waals surface area contributed by atoms with Crippen molar-refractivity contribution in [2.24, 2.45) is 39.9 Å². The zero-order chi connectivity index (χ0) is 30.1. The van der Waals surface area contributed by atoms with Gasteiger partial charge in [-0.1, -0.05) is 33.8 Å². The highest BCUT2D eigenvalue weighted by atomic mass is 35.5. The monoisotopic (exact) mass is 603 g/mol. The van der Waals surface area contributed by atoms with Gasteiger partial charge in [-0.15, -0.1) is 19.0 Å². The molecule has 0 spiro atoms. The number of Topliss-reactive ketones (excluding diaryl/α,β-unsaturated/α-hetero) is 1. The molecule has 232 valence electrons. The molecule has 4 aliphatic rings. The van der Waals surface area contributed by atoms with Crippen LogP contribution in [0.15, 0.2) is 24.8 Å². The lowest BCUT2D eigenvalue weighted by atomic mass is 9.41. The van der Waals surface area contributed by atoms with Gasteiger partial charge in [-0.3, -0.25) is 4.79 Å². The lowest BCUT2D eigenvalue weighted by Crippen LogP contribution is -2.63. The maximum atomic E-state index is 13.8. The average Bonchev–Trinajstić information content (AvgIpc) is 3.47. The molecule has 3 aliphatic carbocycles. The van der Waals surface area contributed by atoms with Crippen molar-refractivity contribution in [2.45, 2.75) is 85.2 Å². The van der Waals surface area contributed by atoms with Crippen LogP contribution >= 0.6 is 12.4 Å². The third-order valence-electron chi connectivity index (χ3n) is 11.8. The minimum Gasteiger partial charge on any atom is -0.478 e. The highest BCUT2D eigenvalue weighted by Gasteiger charge is 2.69. The van der Waals surface area contributed by atoms with E-state index in [0.29, 0.717) is 37.0 Å². The summed E-state index contributed by atoms with van der Waals surface area (Å²) in [6.07, 6.45) is 2.91. The van der Waals surface area contributed by atoms with Gasteiger partial charge in [0.15, 0.2) is 6.10 Å². The van der Waals surface area contributed by atoms with E-state index in [1.165, 1.54) is 0 Å². The Morgan fingerprint density at radius 3 is 2.60 bits per heavy atom. The van der Waals surface area contributed by atoms with E-state index in [-0.39, 0.29) is 42.6 Å². The number of fused-ring (bicyclic) bond motifs is 1. The molecule has 1 unspecified atom stereocenters. The van der Waals surface area contributed by atoms with E-state index >= 15 is 0 Å². The molecule has 0 saturated heterocycles. The van der Waals surface area contributed by atoms with Gasteiger partial charge in [0.2, 0.25) is 0 Å². The van der Waals surface area contributed by atoms with Crippen LogP contribution in [0, 0.1) is 39.9 Å². The maximum Gasteiger partial charge on any atom is 0.491 e. The fourth-order valence-corrected chi connectivity index (χ4v) is 9.29. The summed E-state index contributed by atoms with van der Waals surface area (Å²) < 4.78 is 12.0. The van der Waals surface area contributed by atoms with Gasteiger partial charge in [-0.25, -0.2) is 4.79 Å². The number of ether oxygens (including phenoxy) is 1. The summed E-state index contributed by atoms with van der Waals surface area (Å²) in [7, 11) is 2.78. The first-order chi connectivity index (χ1) is 19.2.